The summed E-state index contributed by atoms with van der Waals surface area (Å²) in [5.41, 5.74) is 4.20. The molecule has 2 aromatic carbocycles. The van der Waals surface area contributed by atoms with E-state index in [0.29, 0.717) is 0 Å². The molecule has 3 aromatic rings. The molecule has 1 aromatic heterocycles. The molecule has 0 bridgehead atoms. The normalized spacial score (nSPS) is 12.0. The lowest BCUT2D eigenvalue weighted by molar-refractivity contribution is 0.0994. The Hall–Kier alpha value is -2.18. The molecule has 0 amide bonds. The molecule has 4 nitrogen and oxygen atoms in total. The maximum absolute atomic E-state index is 12.4. The number of hydrogen-bond donors (Lipinski definition) is 1. The van der Waals surface area contributed by atoms with E-state index in [1.54, 1.807) is 0 Å². The standard InChI is InChI=1S/C19H19N3OS2/c1-12-9-10-16(11-13(12)2)20-18-21-22-19(25-18)24-14(3)17(23)15-7-5-4-6-8-15/h4-11,14H,1-3H3,(H,20,21). The molecule has 0 aliphatic heterocycles. The van der Waals surface area contributed by atoms with Gasteiger partial charge in [-0.3, -0.25) is 4.79 Å². The van der Waals surface area contributed by atoms with Gasteiger partial charge in [-0.1, -0.05) is 59.5 Å². The number of nitrogens with one attached hydrogen (secondary N) is 1. The van der Waals surface area contributed by atoms with Crippen molar-refractivity contribution in [3.05, 3.63) is 65.2 Å². The lowest BCUT2D eigenvalue weighted by Gasteiger charge is -2.07. The number of Topliss-reactive ketones (excluding diaryl/α,β-unsaturated/α-hetero) is 1. The topological polar surface area (TPSA) is 54.9 Å². The second-order valence-electron chi connectivity index (χ2n) is 5.79. The minimum absolute atomic E-state index is 0.101. The quantitative estimate of drug-likeness (QED) is 0.474. The maximum atomic E-state index is 12.4. The van der Waals surface area contributed by atoms with Crippen molar-refractivity contribution in [2.24, 2.45) is 0 Å². The Morgan fingerprint density at radius 3 is 2.56 bits per heavy atom. The molecule has 0 radical (unpaired) electrons. The Morgan fingerprint density at radius 2 is 1.84 bits per heavy atom. The average molecular weight is 370 g/mol. The molecule has 0 spiro atoms. The Kier molecular flexibility index (Phi) is 5.50. The van der Waals surface area contributed by atoms with E-state index in [-0.39, 0.29) is 11.0 Å². The summed E-state index contributed by atoms with van der Waals surface area (Å²) in [5, 5.41) is 12.2. The fourth-order valence-electron chi connectivity index (χ4n) is 2.29. The summed E-state index contributed by atoms with van der Waals surface area (Å²) >= 11 is 2.89. The molecule has 1 unspecified atom stereocenters. The second kappa shape index (κ2) is 7.80. The molecular formula is C19H19N3OS2. The van der Waals surface area contributed by atoms with Gasteiger partial charge in [0.25, 0.3) is 0 Å². The molecule has 0 saturated carbocycles. The van der Waals surface area contributed by atoms with Crippen LogP contribution in [-0.4, -0.2) is 21.2 Å². The first-order valence-corrected chi connectivity index (χ1v) is 9.66. The van der Waals surface area contributed by atoms with Crippen LogP contribution < -0.4 is 5.32 Å². The molecule has 6 heteroatoms. The van der Waals surface area contributed by atoms with Gasteiger partial charge in [0, 0.05) is 11.3 Å². The number of aromatic nitrogens is 2. The Morgan fingerprint density at radius 1 is 1.08 bits per heavy atom. The van der Waals surface area contributed by atoms with Crippen molar-refractivity contribution < 1.29 is 4.79 Å². The van der Waals surface area contributed by atoms with E-state index < -0.39 is 0 Å². The van der Waals surface area contributed by atoms with E-state index in [1.807, 2.05) is 43.3 Å². The molecule has 25 heavy (non-hydrogen) atoms. The largest absolute Gasteiger partial charge is 0.330 e. The molecule has 1 heterocycles. The monoisotopic (exact) mass is 369 g/mol. The highest BCUT2D eigenvalue weighted by atomic mass is 32.2. The van der Waals surface area contributed by atoms with Crippen LogP contribution in [0.5, 0.6) is 0 Å². The van der Waals surface area contributed by atoms with Gasteiger partial charge >= 0.3 is 0 Å². The van der Waals surface area contributed by atoms with Gasteiger partial charge in [-0.25, -0.2) is 0 Å². The molecular weight excluding hydrogens is 350 g/mol. The summed E-state index contributed by atoms with van der Waals surface area (Å²) in [6.07, 6.45) is 0. The van der Waals surface area contributed by atoms with E-state index >= 15 is 0 Å². The van der Waals surface area contributed by atoms with Gasteiger partial charge in [-0.2, -0.15) is 0 Å². The number of carbonyl (C=O) groups excluding carboxylic acids is 1. The van der Waals surface area contributed by atoms with E-state index in [2.05, 4.69) is 41.5 Å². The average Bonchev–Trinajstić information content (AvgIpc) is 3.05. The van der Waals surface area contributed by atoms with Crippen LogP contribution >= 0.6 is 23.1 Å². The van der Waals surface area contributed by atoms with Crippen molar-refractivity contribution >= 4 is 39.7 Å². The highest BCUT2D eigenvalue weighted by Crippen LogP contribution is 2.31. The van der Waals surface area contributed by atoms with E-state index in [9.17, 15) is 4.79 Å². The fourth-order valence-corrected chi connectivity index (χ4v) is 4.29. The van der Waals surface area contributed by atoms with Gasteiger partial charge < -0.3 is 5.32 Å². The van der Waals surface area contributed by atoms with E-state index in [4.69, 9.17) is 0 Å². The second-order valence-corrected chi connectivity index (χ2v) is 8.35. The SMILES string of the molecule is Cc1ccc(Nc2nnc(SC(C)C(=O)c3ccccc3)s2)cc1C. The van der Waals surface area contributed by atoms with Crippen LogP contribution in [0.15, 0.2) is 52.9 Å². The fraction of sp³-hybridized carbons (Fsp3) is 0.211. The van der Waals surface area contributed by atoms with Gasteiger partial charge in [0.15, 0.2) is 10.1 Å². The minimum Gasteiger partial charge on any atom is -0.330 e. The van der Waals surface area contributed by atoms with Crippen molar-refractivity contribution in [2.75, 3.05) is 5.32 Å². The van der Waals surface area contributed by atoms with Gasteiger partial charge in [0.1, 0.15) is 0 Å². The lowest BCUT2D eigenvalue weighted by Crippen LogP contribution is -2.13. The Balaban J connectivity index is 1.65. The third kappa shape index (κ3) is 4.46. The first-order chi connectivity index (χ1) is 12.0. The highest BCUT2D eigenvalue weighted by molar-refractivity contribution is 8.02. The van der Waals surface area contributed by atoms with Crippen LogP contribution in [0.2, 0.25) is 0 Å². The summed E-state index contributed by atoms with van der Waals surface area (Å²) in [4.78, 5) is 12.4. The number of carbonyl (C=O) groups is 1. The smallest absolute Gasteiger partial charge is 0.210 e. The summed E-state index contributed by atoms with van der Waals surface area (Å²) < 4.78 is 0.781. The number of hydrogen-bond acceptors (Lipinski definition) is 6. The number of aryl methyl sites for hydroxylation is 2. The first-order valence-electron chi connectivity index (χ1n) is 7.96. The zero-order valence-electron chi connectivity index (χ0n) is 14.3. The maximum Gasteiger partial charge on any atom is 0.210 e. The zero-order valence-corrected chi connectivity index (χ0v) is 15.9. The molecule has 3 rings (SSSR count). The van der Waals surface area contributed by atoms with Crippen LogP contribution in [0.25, 0.3) is 0 Å². The summed E-state index contributed by atoms with van der Waals surface area (Å²) in [6.45, 7) is 6.07. The van der Waals surface area contributed by atoms with Crippen LogP contribution in [-0.2, 0) is 0 Å². The van der Waals surface area contributed by atoms with E-state index in [1.165, 1.54) is 34.2 Å². The number of rotatable bonds is 6. The molecule has 0 saturated heterocycles. The number of thioether (sulfide) groups is 1. The zero-order chi connectivity index (χ0) is 17.8. The van der Waals surface area contributed by atoms with Gasteiger partial charge in [0.05, 0.1) is 5.25 Å². The number of nitrogens with zero attached hydrogens (tertiary/aromatic N) is 2. The Bertz CT molecular complexity index is 877. The summed E-state index contributed by atoms with van der Waals surface area (Å²) in [7, 11) is 0. The number of benzene rings is 2. The van der Waals surface area contributed by atoms with Crippen LogP contribution in [0.3, 0.4) is 0 Å². The van der Waals surface area contributed by atoms with Crippen LogP contribution in [0.1, 0.15) is 28.4 Å². The molecule has 0 aliphatic rings. The van der Waals surface area contributed by atoms with E-state index in [0.717, 1.165) is 20.7 Å². The molecule has 128 valence electrons. The third-order valence-electron chi connectivity index (χ3n) is 3.87. The summed E-state index contributed by atoms with van der Waals surface area (Å²) in [5.74, 6) is 0.101. The predicted molar refractivity (Wildman–Crippen MR) is 105 cm³/mol. The lowest BCUT2D eigenvalue weighted by atomic mass is 10.1. The third-order valence-corrected chi connectivity index (χ3v) is 5.89. The molecule has 0 aliphatic carbocycles. The predicted octanol–water partition coefficient (Wildman–Crippen LogP) is 5.26. The molecule has 1 atom stereocenters. The van der Waals surface area contributed by atoms with Gasteiger partial charge in [-0.05, 0) is 44.0 Å². The number of anilines is 2. The summed E-state index contributed by atoms with van der Waals surface area (Å²) in [6, 6.07) is 15.5. The highest BCUT2D eigenvalue weighted by Gasteiger charge is 2.18. The van der Waals surface area contributed by atoms with Crippen molar-refractivity contribution in [1.82, 2.24) is 10.2 Å². The van der Waals surface area contributed by atoms with Crippen LogP contribution in [0.4, 0.5) is 10.8 Å². The molecule has 1 N–H and O–H groups in total. The minimum atomic E-state index is -0.204. The van der Waals surface area contributed by atoms with Gasteiger partial charge in [-0.15, -0.1) is 10.2 Å². The van der Waals surface area contributed by atoms with Crippen molar-refractivity contribution in [3.8, 4) is 0 Å². The number of ketones is 1. The van der Waals surface area contributed by atoms with Gasteiger partial charge in [0.2, 0.25) is 5.13 Å². The molecule has 0 fully saturated rings. The Labute approximate surface area is 155 Å². The van der Waals surface area contributed by atoms with Crippen molar-refractivity contribution in [1.29, 1.82) is 0 Å². The van der Waals surface area contributed by atoms with Crippen LogP contribution in [0, 0.1) is 13.8 Å². The van der Waals surface area contributed by atoms with Crippen molar-refractivity contribution in [2.45, 2.75) is 30.4 Å². The van der Waals surface area contributed by atoms with Crippen molar-refractivity contribution in [3.63, 3.8) is 0 Å². The first kappa shape index (κ1) is 17.6.